The molecule has 3 heterocycles. The lowest BCUT2D eigenvalue weighted by Crippen LogP contribution is -2.44. The zero-order valence-electron chi connectivity index (χ0n) is 14.9. The number of likely N-dealkylation sites (N-methyl/N-ethyl adjacent to an activating group) is 1. The molecule has 1 saturated heterocycles. The van der Waals surface area contributed by atoms with Crippen molar-refractivity contribution in [3.05, 3.63) is 26.7 Å². The second kappa shape index (κ2) is 6.52. The zero-order valence-corrected chi connectivity index (χ0v) is 14.9. The maximum Gasteiger partial charge on any atom is 0.332 e. The Morgan fingerprint density at radius 2 is 1.67 bits per heavy atom. The molecule has 0 saturated carbocycles. The molecule has 3 rings (SSSR count). The molecule has 1 aliphatic rings. The molecular weight excluding hydrogens is 308 g/mol. The predicted octanol–water partition coefficient (Wildman–Crippen LogP) is -0.409. The van der Waals surface area contributed by atoms with Crippen LogP contribution in [0.3, 0.4) is 0 Å². The summed E-state index contributed by atoms with van der Waals surface area (Å²) in [7, 11) is 5.32. The zero-order chi connectivity index (χ0) is 17.4. The van der Waals surface area contributed by atoms with Crippen molar-refractivity contribution in [3.8, 4) is 0 Å². The monoisotopic (exact) mass is 334 g/mol. The molecule has 0 N–H and O–H groups in total. The van der Waals surface area contributed by atoms with Crippen molar-refractivity contribution < 1.29 is 0 Å². The smallest absolute Gasteiger partial charge is 0.321 e. The van der Waals surface area contributed by atoms with Gasteiger partial charge in [0, 0.05) is 46.8 Å². The van der Waals surface area contributed by atoms with Crippen LogP contribution in [-0.4, -0.2) is 61.7 Å². The highest BCUT2D eigenvalue weighted by Crippen LogP contribution is 2.15. The minimum absolute atomic E-state index is 0.265. The Morgan fingerprint density at radius 3 is 2.29 bits per heavy atom. The Morgan fingerprint density at radius 1 is 1.00 bits per heavy atom. The number of hydrogen-bond acceptors (Lipinski definition) is 5. The maximum atomic E-state index is 12.6. The van der Waals surface area contributed by atoms with Gasteiger partial charge in [0.15, 0.2) is 11.2 Å². The second-order valence-electron chi connectivity index (χ2n) is 6.64. The van der Waals surface area contributed by atoms with E-state index in [9.17, 15) is 9.59 Å². The number of nitrogens with zero attached hydrogens (tertiary/aromatic N) is 6. The Labute approximate surface area is 140 Å². The number of imidazole rings is 1. The van der Waals surface area contributed by atoms with Gasteiger partial charge in [0.1, 0.15) is 5.82 Å². The Balaban J connectivity index is 2.09. The van der Waals surface area contributed by atoms with Crippen molar-refractivity contribution >= 4 is 11.2 Å². The molecule has 0 spiro atoms. The average Bonchev–Trinajstić information content (AvgIpc) is 2.92. The number of aromatic nitrogens is 4. The van der Waals surface area contributed by atoms with Crippen LogP contribution in [0.15, 0.2) is 9.59 Å². The minimum Gasteiger partial charge on any atom is -0.321 e. The number of piperazine rings is 1. The van der Waals surface area contributed by atoms with Crippen LogP contribution in [0.25, 0.3) is 11.2 Å². The second-order valence-corrected chi connectivity index (χ2v) is 6.64. The first kappa shape index (κ1) is 16.9. The van der Waals surface area contributed by atoms with E-state index in [-0.39, 0.29) is 11.2 Å². The fourth-order valence-corrected chi connectivity index (χ4v) is 3.28. The summed E-state index contributed by atoms with van der Waals surface area (Å²) < 4.78 is 4.63. The third-order valence-corrected chi connectivity index (χ3v) is 4.84. The van der Waals surface area contributed by atoms with E-state index in [1.807, 2.05) is 4.57 Å². The molecular formula is C16H26N6O2. The lowest BCUT2D eigenvalue weighted by molar-refractivity contribution is 0.144. The molecule has 132 valence electrons. The van der Waals surface area contributed by atoms with Gasteiger partial charge in [-0.25, -0.2) is 9.78 Å². The predicted molar refractivity (Wildman–Crippen MR) is 93.3 cm³/mol. The summed E-state index contributed by atoms with van der Waals surface area (Å²) in [5, 5.41) is 0. The molecule has 0 bridgehead atoms. The Kier molecular flexibility index (Phi) is 4.60. The summed E-state index contributed by atoms with van der Waals surface area (Å²) in [6.45, 7) is 7.57. The normalized spacial score (nSPS) is 17.0. The molecule has 1 aliphatic heterocycles. The van der Waals surface area contributed by atoms with Gasteiger partial charge in [-0.1, -0.05) is 6.92 Å². The number of fused-ring (bicyclic) bond motifs is 1. The van der Waals surface area contributed by atoms with Gasteiger partial charge < -0.3 is 9.47 Å². The number of rotatable bonds is 4. The van der Waals surface area contributed by atoms with Crippen LogP contribution >= 0.6 is 0 Å². The van der Waals surface area contributed by atoms with E-state index in [2.05, 4.69) is 28.8 Å². The van der Waals surface area contributed by atoms with Crippen LogP contribution in [0.4, 0.5) is 0 Å². The molecule has 0 atom stereocenters. The fraction of sp³-hybridized carbons (Fsp3) is 0.688. The van der Waals surface area contributed by atoms with Crippen LogP contribution < -0.4 is 11.2 Å². The van der Waals surface area contributed by atoms with E-state index in [0.717, 1.165) is 49.5 Å². The van der Waals surface area contributed by atoms with Crippen molar-refractivity contribution in [1.29, 1.82) is 0 Å². The number of aryl methyl sites for hydroxylation is 2. The summed E-state index contributed by atoms with van der Waals surface area (Å²) in [6, 6.07) is 0. The summed E-state index contributed by atoms with van der Waals surface area (Å²) in [5.74, 6) is 0.870. The summed E-state index contributed by atoms with van der Waals surface area (Å²) in [5.41, 5.74) is 0.421. The van der Waals surface area contributed by atoms with Gasteiger partial charge in [-0.05, 0) is 13.5 Å². The van der Waals surface area contributed by atoms with Crippen LogP contribution in [0.1, 0.15) is 19.2 Å². The topological polar surface area (TPSA) is 68.3 Å². The number of hydrogen-bond donors (Lipinski definition) is 0. The van der Waals surface area contributed by atoms with Crippen molar-refractivity contribution in [1.82, 2.24) is 28.5 Å². The minimum atomic E-state index is -0.334. The SMILES string of the molecule is CCCn1c(CN2CCN(C)CC2)nc2c1c(=O)n(C)c(=O)n2C. The van der Waals surface area contributed by atoms with Crippen molar-refractivity contribution in [2.45, 2.75) is 26.4 Å². The molecule has 0 radical (unpaired) electrons. The van der Waals surface area contributed by atoms with E-state index in [4.69, 9.17) is 0 Å². The first-order chi connectivity index (χ1) is 11.4. The van der Waals surface area contributed by atoms with Crippen molar-refractivity contribution in [2.24, 2.45) is 14.1 Å². The Bertz CT molecular complexity index is 854. The molecule has 2 aromatic rings. The third-order valence-electron chi connectivity index (χ3n) is 4.84. The average molecular weight is 334 g/mol. The Hall–Kier alpha value is -1.93. The molecule has 8 heteroatoms. The standard InChI is InChI=1S/C16H26N6O2/c1-5-6-22-12(11-21-9-7-18(2)8-10-21)17-14-13(22)15(23)20(4)16(24)19(14)3/h5-11H2,1-4H3. The van der Waals surface area contributed by atoms with Gasteiger partial charge in [0.25, 0.3) is 5.56 Å². The molecule has 8 nitrogen and oxygen atoms in total. The molecule has 24 heavy (non-hydrogen) atoms. The summed E-state index contributed by atoms with van der Waals surface area (Å²) in [4.78, 5) is 34.1. The highest BCUT2D eigenvalue weighted by atomic mass is 16.2. The molecule has 0 amide bonds. The van der Waals surface area contributed by atoms with Crippen LogP contribution in [0.5, 0.6) is 0 Å². The molecule has 2 aromatic heterocycles. The summed E-state index contributed by atoms with van der Waals surface area (Å²) in [6.07, 6.45) is 0.910. The van der Waals surface area contributed by atoms with E-state index in [1.54, 1.807) is 7.05 Å². The third kappa shape index (κ3) is 2.80. The first-order valence-electron chi connectivity index (χ1n) is 8.50. The lowest BCUT2D eigenvalue weighted by atomic mass is 10.3. The van der Waals surface area contributed by atoms with Crippen LogP contribution in [0, 0.1) is 0 Å². The van der Waals surface area contributed by atoms with E-state index in [1.165, 1.54) is 11.6 Å². The van der Waals surface area contributed by atoms with Crippen LogP contribution in [0.2, 0.25) is 0 Å². The van der Waals surface area contributed by atoms with Gasteiger partial charge in [0.05, 0.1) is 6.54 Å². The highest BCUT2D eigenvalue weighted by molar-refractivity contribution is 5.71. The fourth-order valence-electron chi connectivity index (χ4n) is 3.28. The highest BCUT2D eigenvalue weighted by Gasteiger charge is 2.21. The van der Waals surface area contributed by atoms with Gasteiger partial charge in [-0.15, -0.1) is 0 Å². The van der Waals surface area contributed by atoms with E-state index < -0.39 is 0 Å². The molecule has 1 fully saturated rings. The summed E-state index contributed by atoms with van der Waals surface area (Å²) >= 11 is 0. The largest absolute Gasteiger partial charge is 0.332 e. The molecule has 0 aromatic carbocycles. The van der Waals surface area contributed by atoms with Gasteiger partial charge >= 0.3 is 5.69 Å². The molecule has 0 aliphatic carbocycles. The lowest BCUT2D eigenvalue weighted by Gasteiger charge is -2.32. The molecule has 0 unspecified atom stereocenters. The van der Waals surface area contributed by atoms with Crippen molar-refractivity contribution in [2.75, 3.05) is 33.2 Å². The van der Waals surface area contributed by atoms with Gasteiger partial charge in [-0.2, -0.15) is 0 Å². The van der Waals surface area contributed by atoms with E-state index in [0.29, 0.717) is 17.7 Å². The van der Waals surface area contributed by atoms with Gasteiger partial charge in [0.2, 0.25) is 0 Å². The van der Waals surface area contributed by atoms with Crippen LogP contribution in [-0.2, 0) is 27.2 Å². The first-order valence-corrected chi connectivity index (χ1v) is 8.50. The quantitative estimate of drug-likeness (QED) is 0.760. The van der Waals surface area contributed by atoms with E-state index >= 15 is 0 Å². The van der Waals surface area contributed by atoms with Crippen molar-refractivity contribution in [3.63, 3.8) is 0 Å². The maximum absolute atomic E-state index is 12.6. The van der Waals surface area contributed by atoms with Gasteiger partial charge in [-0.3, -0.25) is 18.8 Å².